The van der Waals surface area contributed by atoms with Crippen LogP contribution in [-0.4, -0.2) is 23.5 Å². The standard InChI is InChI=1S/C11H15BrN4O/c1-6-7(13)5-15-11(9(6)12)16-4-2-3-8(16)10(14)17/h5,8H,2-4,13H2,1H3,(H2,14,17). The fourth-order valence-corrected chi connectivity index (χ4v) is 2.65. The molecule has 17 heavy (non-hydrogen) atoms. The number of amides is 1. The monoisotopic (exact) mass is 298 g/mol. The van der Waals surface area contributed by atoms with Crippen LogP contribution in [0.25, 0.3) is 0 Å². The van der Waals surface area contributed by atoms with E-state index in [4.69, 9.17) is 11.5 Å². The molecular formula is C11H15BrN4O. The Bertz CT molecular complexity index is 463. The maximum absolute atomic E-state index is 11.4. The molecule has 1 fully saturated rings. The second-order valence-electron chi connectivity index (χ2n) is 4.23. The molecule has 1 saturated heterocycles. The number of nitrogens with zero attached hydrogens (tertiary/aromatic N) is 2. The van der Waals surface area contributed by atoms with E-state index in [-0.39, 0.29) is 11.9 Å². The van der Waals surface area contributed by atoms with Gasteiger partial charge in [0.05, 0.1) is 16.4 Å². The molecule has 0 aromatic carbocycles. The summed E-state index contributed by atoms with van der Waals surface area (Å²) in [5, 5.41) is 0. The Morgan fingerprint density at radius 1 is 1.65 bits per heavy atom. The van der Waals surface area contributed by atoms with E-state index in [2.05, 4.69) is 20.9 Å². The summed E-state index contributed by atoms with van der Waals surface area (Å²) in [5.74, 6) is 0.448. The quantitative estimate of drug-likeness (QED) is 0.859. The van der Waals surface area contributed by atoms with Gasteiger partial charge in [-0.15, -0.1) is 0 Å². The van der Waals surface area contributed by atoms with E-state index in [1.165, 1.54) is 0 Å². The number of primary amides is 1. The van der Waals surface area contributed by atoms with E-state index in [0.717, 1.165) is 35.2 Å². The van der Waals surface area contributed by atoms with Crippen LogP contribution in [0, 0.1) is 6.92 Å². The normalized spacial score (nSPS) is 19.6. The van der Waals surface area contributed by atoms with Crippen molar-refractivity contribution < 1.29 is 4.79 Å². The Morgan fingerprint density at radius 3 is 3.00 bits per heavy atom. The smallest absolute Gasteiger partial charge is 0.240 e. The summed E-state index contributed by atoms with van der Waals surface area (Å²) in [4.78, 5) is 17.6. The predicted octanol–water partition coefficient (Wildman–Crippen LogP) is 1.19. The van der Waals surface area contributed by atoms with Crippen molar-refractivity contribution in [1.29, 1.82) is 0 Å². The van der Waals surface area contributed by atoms with Gasteiger partial charge in [-0.05, 0) is 41.3 Å². The summed E-state index contributed by atoms with van der Waals surface area (Å²) < 4.78 is 0.839. The zero-order chi connectivity index (χ0) is 12.6. The fourth-order valence-electron chi connectivity index (χ4n) is 2.09. The summed E-state index contributed by atoms with van der Waals surface area (Å²) in [6.07, 6.45) is 3.35. The third-order valence-corrected chi connectivity index (χ3v) is 4.09. The number of carbonyl (C=O) groups is 1. The molecule has 1 atom stereocenters. The summed E-state index contributed by atoms with van der Waals surface area (Å²) in [5.41, 5.74) is 12.7. The topological polar surface area (TPSA) is 85.2 Å². The Hall–Kier alpha value is -1.30. The SMILES string of the molecule is Cc1c(N)cnc(N2CCCC2C(N)=O)c1Br. The molecule has 0 saturated carbocycles. The van der Waals surface area contributed by atoms with Crippen molar-refractivity contribution in [2.24, 2.45) is 5.73 Å². The van der Waals surface area contributed by atoms with Gasteiger partial charge in [0.15, 0.2) is 0 Å². The molecule has 0 radical (unpaired) electrons. The highest BCUT2D eigenvalue weighted by molar-refractivity contribution is 9.10. The van der Waals surface area contributed by atoms with Crippen LogP contribution >= 0.6 is 15.9 Å². The number of hydrogen-bond acceptors (Lipinski definition) is 4. The number of nitrogens with two attached hydrogens (primary N) is 2. The molecule has 6 heteroatoms. The largest absolute Gasteiger partial charge is 0.397 e. The van der Waals surface area contributed by atoms with Crippen LogP contribution < -0.4 is 16.4 Å². The number of anilines is 2. The first-order chi connectivity index (χ1) is 8.02. The zero-order valence-electron chi connectivity index (χ0n) is 9.61. The average molecular weight is 299 g/mol. The molecule has 1 aromatic rings. The van der Waals surface area contributed by atoms with Crippen molar-refractivity contribution in [2.75, 3.05) is 17.2 Å². The number of nitrogen functional groups attached to an aromatic ring is 1. The second-order valence-corrected chi connectivity index (χ2v) is 5.02. The third kappa shape index (κ3) is 2.09. The summed E-state index contributed by atoms with van der Waals surface area (Å²) in [6.45, 7) is 2.71. The fraction of sp³-hybridized carbons (Fsp3) is 0.455. The Kier molecular flexibility index (Phi) is 3.24. The molecule has 0 bridgehead atoms. The molecule has 1 aliphatic rings. The number of carbonyl (C=O) groups excluding carboxylic acids is 1. The molecule has 1 aliphatic heterocycles. The van der Waals surface area contributed by atoms with Gasteiger partial charge in [0, 0.05) is 6.54 Å². The lowest BCUT2D eigenvalue weighted by atomic mass is 10.2. The highest BCUT2D eigenvalue weighted by Gasteiger charge is 2.31. The Labute approximate surface area is 108 Å². The first-order valence-corrected chi connectivity index (χ1v) is 6.28. The maximum atomic E-state index is 11.4. The van der Waals surface area contributed by atoms with E-state index in [0.29, 0.717) is 5.69 Å². The third-order valence-electron chi connectivity index (χ3n) is 3.14. The van der Waals surface area contributed by atoms with Gasteiger partial charge < -0.3 is 16.4 Å². The number of aromatic nitrogens is 1. The van der Waals surface area contributed by atoms with Crippen LogP contribution in [-0.2, 0) is 4.79 Å². The van der Waals surface area contributed by atoms with Gasteiger partial charge in [-0.25, -0.2) is 4.98 Å². The van der Waals surface area contributed by atoms with Gasteiger partial charge in [0.2, 0.25) is 5.91 Å². The molecular weight excluding hydrogens is 284 g/mol. The van der Waals surface area contributed by atoms with Gasteiger partial charge in [-0.1, -0.05) is 0 Å². The predicted molar refractivity (Wildman–Crippen MR) is 70.6 cm³/mol. The molecule has 92 valence electrons. The number of halogens is 1. The molecule has 1 aromatic heterocycles. The van der Waals surface area contributed by atoms with Gasteiger partial charge in [-0.3, -0.25) is 4.79 Å². The molecule has 1 amide bonds. The minimum atomic E-state index is -0.300. The molecule has 5 nitrogen and oxygen atoms in total. The zero-order valence-corrected chi connectivity index (χ0v) is 11.2. The average Bonchev–Trinajstić information content (AvgIpc) is 2.75. The Morgan fingerprint density at radius 2 is 2.35 bits per heavy atom. The van der Waals surface area contributed by atoms with Crippen molar-refractivity contribution in [1.82, 2.24) is 4.98 Å². The van der Waals surface area contributed by atoms with Crippen molar-refractivity contribution >= 4 is 33.3 Å². The minimum absolute atomic E-state index is 0.262. The van der Waals surface area contributed by atoms with Gasteiger partial charge >= 0.3 is 0 Å². The molecule has 1 unspecified atom stereocenters. The highest BCUT2D eigenvalue weighted by Crippen LogP contribution is 2.34. The van der Waals surface area contributed by atoms with Crippen LogP contribution in [0.5, 0.6) is 0 Å². The lowest BCUT2D eigenvalue weighted by Gasteiger charge is -2.25. The molecule has 4 N–H and O–H groups in total. The van der Waals surface area contributed by atoms with Gasteiger partial charge in [0.25, 0.3) is 0 Å². The van der Waals surface area contributed by atoms with E-state index in [9.17, 15) is 4.79 Å². The number of pyridine rings is 1. The summed E-state index contributed by atoms with van der Waals surface area (Å²) in [6, 6.07) is -0.262. The van der Waals surface area contributed by atoms with Gasteiger partial charge in [0.1, 0.15) is 11.9 Å². The van der Waals surface area contributed by atoms with Crippen molar-refractivity contribution in [2.45, 2.75) is 25.8 Å². The Balaban J connectivity index is 2.40. The molecule has 0 spiro atoms. The summed E-state index contributed by atoms with van der Waals surface area (Å²) in [7, 11) is 0. The lowest BCUT2D eigenvalue weighted by molar-refractivity contribution is -0.119. The van der Waals surface area contributed by atoms with Crippen LogP contribution in [0.2, 0.25) is 0 Å². The number of hydrogen-bond donors (Lipinski definition) is 2. The van der Waals surface area contributed by atoms with E-state index >= 15 is 0 Å². The maximum Gasteiger partial charge on any atom is 0.240 e. The van der Waals surface area contributed by atoms with Crippen LogP contribution in [0.1, 0.15) is 18.4 Å². The second kappa shape index (κ2) is 4.52. The van der Waals surface area contributed by atoms with Crippen LogP contribution in [0.15, 0.2) is 10.7 Å². The lowest BCUT2D eigenvalue weighted by Crippen LogP contribution is -2.41. The van der Waals surface area contributed by atoms with Gasteiger partial charge in [-0.2, -0.15) is 0 Å². The first kappa shape index (κ1) is 12.2. The van der Waals surface area contributed by atoms with Crippen LogP contribution in [0.4, 0.5) is 11.5 Å². The minimum Gasteiger partial charge on any atom is -0.397 e. The van der Waals surface area contributed by atoms with Crippen molar-refractivity contribution in [3.63, 3.8) is 0 Å². The van der Waals surface area contributed by atoms with E-state index in [1.807, 2.05) is 11.8 Å². The molecule has 2 rings (SSSR count). The number of rotatable bonds is 2. The summed E-state index contributed by atoms with van der Waals surface area (Å²) >= 11 is 3.48. The van der Waals surface area contributed by atoms with Crippen LogP contribution in [0.3, 0.4) is 0 Å². The van der Waals surface area contributed by atoms with Crippen molar-refractivity contribution in [3.8, 4) is 0 Å². The first-order valence-electron chi connectivity index (χ1n) is 5.49. The van der Waals surface area contributed by atoms with E-state index < -0.39 is 0 Å². The van der Waals surface area contributed by atoms with E-state index in [1.54, 1.807) is 6.20 Å². The highest BCUT2D eigenvalue weighted by atomic mass is 79.9. The van der Waals surface area contributed by atoms with Crippen molar-refractivity contribution in [3.05, 3.63) is 16.2 Å². The molecule has 2 heterocycles. The molecule has 0 aliphatic carbocycles.